The molecular formula is C16H30N2O2. The standard InChI is InChI=1S/C16H30N2O2/c1-10(6-11(2)19)9-17-16(20)18-12(3)15-8-13-4-5-14(15)7-13/h10-15,19H,4-9H2,1-3H3,(H2,17,18,20). The molecule has 0 radical (unpaired) electrons. The van der Waals surface area contributed by atoms with Crippen molar-refractivity contribution in [2.75, 3.05) is 6.54 Å². The number of amides is 2. The zero-order valence-electron chi connectivity index (χ0n) is 13.1. The quantitative estimate of drug-likeness (QED) is 0.701. The summed E-state index contributed by atoms with van der Waals surface area (Å²) in [4.78, 5) is 11.9. The second-order valence-electron chi connectivity index (χ2n) is 7.17. The first-order chi connectivity index (χ1) is 9.45. The fourth-order valence-electron chi connectivity index (χ4n) is 4.20. The highest BCUT2D eigenvalue weighted by Gasteiger charge is 2.42. The van der Waals surface area contributed by atoms with Crippen LogP contribution in [0.4, 0.5) is 4.79 Å². The third-order valence-electron chi connectivity index (χ3n) is 5.15. The molecule has 2 aliphatic carbocycles. The number of rotatable bonds is 6. The molecule has 0 aromatic rings. The Balaban J connectivity index is 1.66. The molecule has 0 aromatic carbocycles. The maximum atomic E-state index is 11.9. The van der Waals surface area contributed by atoms with Crippen molar-refractivity contribution in [2.24, 2.45) is 23.7 Å². The van der Waals surface area contributed by atoms with Gasteiger partial charge in [0.25, 0.3) is 0 Å². The van der Waals surface area contributed by atoms with Crippen LogP contribution in [-0.4, -0.2) is 29.8 Å². The summed E-state index contributed by atoms with van der Waals surface area (Å²) in [6.45, 7) is 6.60. The average molecular weight is 282 g/mol. The van der Waals surface area contributed by atoms with E-state index >= 15 is 0 Å². The van der Waals surface area contributed by atoms with E-state index in [0.29, 0.717) is 18.4 Å². The van der Waals surface area contributed by atoms with Crippen LogP contribution >= 0.6 is 0 Å². The van der Waals surface area contributed by atoms with Gasteiger partial charge in [0.1, 0.15) is 0 Å². The molecule has 0 saturated heterocycles. The van der Waals surface area contributed by atoms with Crippen molar-refractivity contribution in [3.63, 3.8) is 0 Å². The number of nitrogens with one attached hydrogen (secondary N) is 2. The Hall–Kier alpha value is -0.770. The highest BCUT2D eigenvalue weighted by Crippen LogP contribution is 2.49. The molecule has 20 heavy (non-hydrogen) atoms. The summed E-state index contributed by atoms with van der Waals surface area (Å²) in [6, 6.07) is 0.218. The molecule has 0 spiro atoms. The first-order valence-corrected chi connectivity index (χ1v) is 8.18. The lowest BCUT2D eigenvalue weighted by Gasteiger charge is -2.28. The summed E-state index contributed by atoms with van der Waals surface area (Å²) in [5.41, 5.74) is 0. The van der Waals surface area contributed by atoms with Crippen LogP contribution < -0.4 is 10.6 Å². The Morgan fingerprint density at radius 1 is 1.25 bits per heavy atom. The molecule has 2 aliphatic rings. The molecule has 2 rings (SSSR count). The van der Waals surface area contributed by atoms with Gasteiger partial charge in [-0.1, -0.05) is 13.3 Å². The van der Waals surface area contributed by atoms with Gasteiger partial charge >= 0.3 is 6.03 Å². The molecule has 2 amide bonds. The predicted molar refractivity (Wildman–Crippen MR) is 80.4 cm³/mol. The summed E-state index contributed by atoms with van der Waals surface area (Å²) in [6.07, 6.45) is 5.85. The summed E-state index contributed by atoms with van der Waals surface area (Å²) in [7, 11) is 0. The van der Waals surface area contributed by atoms with Crippen LogP contribution in [0.5, 0.6) is 0 Å². The molecule has 2 bridgehead atoms. The number of carbonyl (C=O) groups excluding carboxylic acids is 1. The van der Waals surface area contributed by atoms with Crippen molar-refractivity contribution in [2.45, 2.75) is 65.0 Å². The van der Waals surface area contributed by atoms with E-state index in [9.17, 15) is 9.90 Å². The van der Waals surface area contributed by atoms with E-state index in [2.05, 4.69) is 17.6 Å². The maximum absolute atomic E-state index is 11.9. The van der Waals surface area contributed by atoms with Crippen LogP contribution in [0.25, 0.3) is 0 Å². The number of urea groups is 1. The monoisotopic (exact) mass is 282 g/mol. The highest BCUT2D eigenvalue weighted by molar-refractivity contribution is 5.74. The van der Waals surface area contributed by atoms with Gasteiger partial charge in [0.2, 0.25) is 0 Å². The number of carbonyl (C=O) groups is 1. The van der Waals surface area contributed by atoms with Gasteiger partial charge in [-0.05, 0) is 63.2 Å². The summed E-state index contributed by atoms with van der Waals surface area (Å²) in [5.74, 6) is 2.74. The zero-order valence-corrected chi connectivity index (χ0v) is 13.1. The molecule has 2 fully saturated rings. The Morgan fingerprint density at radius 2 is 2.00 bits per heavy atom. The van der Waals surface area contributed by atoms with Crippen molar-refractivity contribution >= 4 is 6.03 Å². The third kappa shape index (κ3) is 4.11. The smallest absolute Gasteiger partial charge is 0.315 e. The van der Waals surface area contributed by atoms with Gasteiger partial charge in [-0.3, -0.25) is 0 Å². The van der Waals surface area contributed by atoms with Crippen LogP contribution in [-0.2, 0) is 0 Å². The SMILES string of the molecule is CC(O)CC(C)CNC(=O)NC(C)C1CC2CCC1C2. The average Bonchev–Trinajstić information content (AvgIpc) is 2.97. The molecule has 2 saturated carbocycles. The second-order valence-corrected chi connectivity index (χ2v) is 7.17. The predicted octanol–water partition coefficient (Wildman–Crippen LogP) is 2.52. The molecule has 6 atom stereocenters. The number of hydrogen-bond donors (Lipinski definition) is 3. The van der Waals surface area contributed by atoms with Crippen LogP contribution in [0.3, 0.4) is 0 Å². The summed E-state index contributed by atoms with van der Waals surface area (Å²) in [5, 5.41) is 15.3. The number of aliphatic hydroxyl groups is 1. The molecule has 0 aromatic heterocycles. The summed E-state index contributed by atoms with van der Waals surface area (Å²) < 4.78 is 0. The van der Waals surface area contributed by atoms with Crippen LogP contribution in [0, 0.1) is 23.7 Å². The first-order valence-electron chi connectivity index (χ1n) is 8.18. The van der Waals surface area contributed by atoms with E-state index in [4.69, 9.17) is 0 Å². The van der Waals surface area contributed by atoms with Crippen molar-refractivity contribution < 1.29 is 9.90 Å². The van der Waals surface area contributed by atoms with E-state index in [1.165, 1.54) is 25.7 Å². The Labute approximate surface area is 122 Å². The fraction of sp³-hybridized carbons (Fsp3) is 0.938. The minimum Gasteiger partial charge on any atom is -0.393 e. The van der Waals surface area contributed by atoms with E-state index in [1.54, 1.807) is 6.92 Å². The Bertz CT molecular complexity index is 332. The van der Waals surface area contributed by atoms with Gasteiger partial charge in [-0.2, -0.15) is 0 Å². The van der Waals surface area contributed by atoms with Crippen molar-refractivity contribution in [3.05, 3.63) is 0 Å². The topological polar surface area (TPSA) is 61.4 Å². The molecule has 0 aliphatic heterocycles. The van der Waals surface area contributed by atoms with Gasteiger partial charge in [0.15, 0.2) is 0 Å². The maximum Gasteiger partial charge on any atom is 0.315 e. The molecule has 3 N–H and O–H groups in total. The normalized spacial score (nSPS) is 32.7. The third-order valence-corrected chi connectivity index (χ3v) is 5.15. The van der Waals surface area contributed by atoms with Gasteiger partial charge in [-0.15, -0.1) is 0 Å². The van der Waals surface area contributed by atoms with Gasteiger partial charge in [0, 0.05) is 12.6 Å². The van der Waals surface area contributed by atoms with Crippen LogP contribution in [0.2, 0.25) is 0 Å². The lowest BCUT2D eigenvalue weighted by molar-refractivity contribution is 0.162. The van der Waals surface area contributed by atoms with Crippen molar-refractivity contribution in [1.29, 1.82) is 0 Å². The minimum atomic E-state index is -0.303. The zero-order chi connectivity index (χ0) is 14.7. The van der Waals surface area contributed by atoms with E-state index in [1.807, 2.05) is 6.92 Å². The minimum absolute atomic E-state index is 0.0577. The van der Waals surface area contributed by atoms with Crippen molar-refractivity contribution in [1.82, 2.24) is 10.6 Å². The van der Waals surface area contributed by atoms with Gasteiger partial charge < -0.3 is 15.7 Å². The lowest BCUT2D eigenvalue weighted by Crippen LogP contribution is -2.46. The Kier molecular flexibility index (Phi) is 5.30. The van der Waals surface area contributed by atoms with E-state index in [0.717, 1.165) is 18.3 Å². The molecule has 4 nitrogen and oxygen atoms in total. The molecular weight excluding hydrogens is 252 g/mol. The molecule has 0 heterocycles. The fourth-order valence-corrected chi connectivity index (χ4v) is 4.20. The molecule has 4 heteroatoms. The van der Waals surface area contributed by atoms with Crippen LogP contribution in [0.1, 0.15) is 52.9 Å². The number of aliphatic hydroxyl groups excluding tert-OH is 1. The van der Waals surface area contributed by atoms with Gasteiger partial charge in [0.05, 0.1) is 6.10 Å². The van der Waals surface area contributed by atoms with Crippen LogP contribution in [0.15, 0.2) is 0 Å². The largest absolute Gasteiger partial charge is 0.393 e. The lowest BCUT2D eigenvalue weighted by atomic mass is 9.84. The first kappa shape index (κ1) is 15.6. The summed E-state index contributed by atoms with van der Waals surface area (Å²) >= 11 is 0. The molecule has 116 valence electrons. The van der Waals surface area contributed by atoms with Crippen molar-refractivity contribution in [3.8, 4) is 0 Å². The van der Waals surface area contributed by atoms with Gasteiger partial charge in [-0.25, -0.2) is 4.79 Å². The number of fused-ring (bicyclic) bond motifs is 2. The second kappa shape index (κ2) is 6.79. The number of hydrogen-bond acceptors (Lipinski definition) is 2. The molecule has 6 unspecified atom stereocenters. The van der Waals surface area contributed by atoms with E-state index in [-0.39, 0.29) is 18.2 Å². The highest BCUT2D eigenvalue weighted by atomic mass is 16.3. The van der Waals surface area contributed by atoms with E-state index < -0.39 is 0 Å². The Morgan fingerprint density at radius 3 is 2.55 bits per heavy atom.